The Morgan fingerprint density at radius 2 is 2.00 bits per heavy atom. The van der Waals surface area contributed by atoms with Crippen LogP contribution in [0.2, 0.25) is 0 Å². The topological polar surface area (TPSA) is 88.2 Å². The number of nitrogens with zero attached hydrogens (tertiary/aromatic N) is 5. The first kappa shape index (κ1) is 10.7. The van der Waals surface area contributed by atoms with E-state index in [0.29, 0.717) is 5.95 Å². The Labute approximate surface area is 93.3 Å². The number of carbonyl (C=O) groups is 1. The molecular weight excluding hydrogens is 208 g/mol. The molecule has 1 saturated heterocycles. The Balaban J connectivity index is 2.07. The van der Waals surface area contributed by atoms with Crippen LogP contribution in [0.1, 0.15) is 10.5 Å². The van der Waals surface area contributed by atoms with Crippen LogP contribution in [0, 0.1) is 0 Å². The highest BCUT2D eigenvalue weighted by atomic mass is 16.1. The zero-order valence-corrected chi connectivity index (χ0v) is 9.13. The highest BCUT2D eigenvalue weighted by Gasteiger charge is 2.17. The largest absolute Gasteiger partial charge is 0.364 e. The molecule has 1 amide bonds. The van der Waals surface area contributed by atoms with Crippen molar-refractivity contribution in [3.05, 3.63) is 11.9 Å². The van der Waals surface area contributed by atoms with Gasteiger partial charge in [-0.2, -0.15) is 0 Å². The summed E-state index contributed by atoms with van der Waals surface area (Å²) in [4.78, 5) is 19.1. The number of aromatic nitrogens is 3. The number of rotatable bonds is 2. The van der Waals surface area contributed by atoms with Gasteiger partial charge in [-0.3, -0.25) is 4.79 Å². The van der Waals surface area contributed by atoms with Gasteiger partial charge >= 0.3 is 0 Å². The summed E-state index contributed by atoms with van der Waals surface area (Å²) in [5.41, 5.74) is 5.15. The summed E-state index contributed by atoms with van der Waals surface area (Å²) in [6.07, 6.45) is 1.36. The summed E-state index contributed by atoms with van der Waals surface area (Å²) >= 11 is 0. The first-order valence-electron chi connectivity index (χ1n) is 5.10. The predicted molar refractivity (Wildman–Crippen MR) is 58.1 cm³/mol. The van der Waals surface area contributed by atoms with Gasteiger partial charge in [0, 0.05) is 26.2 Å². The molecule has 0 spiro atoms. The molecule has 1 aliphatic heterocycles. The standard InChI is InChI=1S/C9H14N6O/c1-14-2-4-15(5-3-14)9-11-6-7(8(10)16)12-13-9/h6H,2-5H2,1H3,(H2,10,16). The van der Waals surface area contributed by atoms with E-state index in [1.54, 1.807) is 0 Å². The van der Waals surface area contributed by atoms with Crippen LogP contribution in [-0.4, -0.2) is 59.2 Å². The fourth-order valence-corrected chi connectivity index (χ4v) is 1.53. The minimum Gasteiger partial charge on any atom is -0.364 e. The van der Waals surface area contributed by atoms with Crippen LogP contribution in [0.25, 0.3) is 0 Å². The molecule has 0 saturated carbocycles. The lowest BCUT2D eigenvalue weighted by molar-refractivity contribution is 0.0994. The lowest BCUT2D eigenvalue weighted by Gasteiger charge is -2.31. The van der Waals surface area contributed by atoms with E-state index in [0.717, 1.165) is 26.2 Å². The van der Waals surface area contributed by atoms with Gasteiger partial charge in [-0.1, -0.05) is 0 Å². The number of piperazine rings is 1. The first-order chi connectivity index (χ1) is 7.66. The summed E-state index contributed by atoms with van der Waals surface area (Å²) in [6.45, 7) is 3.68. The van der Waals surface area contributed by atoms with Crippen molar-refractivity contribution in [1.82, 2.24) is 20.1 Å². The molecule has 0 radical (unpaired) electrons. The molecule has 1 aromatic rings. The molecule has 1 fully saturated rings. The minimum atomic E-state index is -0.607. The van der Waals surface area contributed by atoms with E-state index in [1.807, 2.05) is 4.90 Å². The number of nitrogens with two attached hydrogens (primary N) is 1. The second kappa shape index (κ2) is 4.40. The quantitative estimate of drug-likeness (QED) is 0.670. The Kier molecular flexibility index (Phi) is 2.95. The van der Waals surface area contributed by atoms with Gasteiger partial charge in [-0.15, -0.1) is 10.2 Å². The monoisotopic (exact) mass is 222 g/mol. The Hall–Kier alpha value is -1.76. The number of likely N-dealkylation sites (N-methyl/N-ethyl adjacent to an activating group) is 1. The Morgan fingerprint density at radius 3 is 2.50 bits per heavy atom. The maximum absolute atomic E-state index is 10.8. The molecule has 7 nitrogen and oxygen atoms in total. The van der Waals surface area contributed by atoms with Gasteiger partial charge < -0.3 is 15.5 Å². The summed E-state index contributed by atoms with van der Waals surface area (Å²) in [6, 6.07) is 0. The molecule has 2 N–H and O–H groups in total. The molecule has 0 atom stereocenters. The van der Waals surface area contributed by atoms with E-state index in [9.17, 15) is 4.79 Å². The van der Waals surface area contributed by atoms with Crippen molar-refractivity contribution in [2.24, 2.45) is 5.73 Å². The van der Waals surface area contributed by atoms with Crippen LogP contribution >= 0.6 is 0 Å². The van der Waals surface area contributed by atoms with Gasteiger partial charge in [-0.25, -0.2) is 4.98 Å². The minimum absolute atomic E-state index is 0.0953. The summed E-state index contributed by atoms with van der Waals surface area (Å²) < 4.78 is 0. The van der Waals surface area contributed by atoms with Crippen molar-refractivity contribution in [3.63, 3.8) is 0 Å². The molecule has 16 heavy (non-hydrogen) atoms. The normalized spacial score (nSPS) is 17.4. The lowest BCUT2D eigenvalue weighted by atomic mass is 10.3. The number of hydrogen-bond donors (Lipinski definition) is 1. The van der Waals surface area contributed by atoms with Crippen molar-refractivity contribution in [2.45, 2.75) is 0 Å². The molecule has 2 heterocycles. The SMILES string of the molecule is CN1CCN(c2ncc(C(N)=O)nn2)CC1. The first-order valence-corrected chi connectivity index (χ1v) is 5.10. The average Bonchev–Trinajstić information content (AvgIpc) is 2.30. The van der Waals surface area contributed by atoms with Crippen molar-refractivity contribution >= 4 is 11.9 Å². The van der Waals surface area contributed by atoms with E-state index >= 15 is 0 Å². The summed E-state index contributed by atoms with van der Waals surface area (Å²) in [7, 11) is 2.08. The van der Waals surface area contributed by atoms with E-state index in [4.69, 9.17) is 5.73 Å². The van der Waals surface area contributed by atoms with Gasteiger partial charge in [0.15, 0.2) is 5.69 Å². The molecule has 1 aliphatic rings. The van der Waals surface area contributed by atoms with Crippen LogP contribution in [0.4, 0.5) is 5.95 Å². The molecule has 7 heteroatoms. The zero-order chi connectivity index (χ0) is 11.5. The molecule has 0 unspecified atom stereocenters. The fraction of sp³-hybridized carbons (Fsp3) is 0.556. The second-order valence-electron chi connectivity index (χ2n) is 3.80. The molecule has 1 aromatic heterocycles. The van der Waals surface area contributed by atoms with E-state index in [2.05, 4.69) is 27.1 Å². The second-order valence-corrected chi connectivity index (χ2v) is 3.80. The van der Waals surface area contributed by atoms with Crippen LogP contribution in [0.5, 0.6) is 0 Å². The number of anilines is 1. The molecule has 0 aliphatic carbocycles. The Morgan fingerprint density at radius 1 is 1.31 bits per heavy atom. The average molecular weight is 222 g/mol. The van der Waals surface area contributed by atoms with Crippen molar-refractivity contribution in [2.75, 3.05) is 38.1 Å². The van der Waals surface area contributed by atoms with Gasteiger partial charge in [0.05, 0.1) is 6.20 Å². The molecule has 0 aromatic carbocycles. The van der Waals surface area contributed by atoms with Gasteiger partial charge in [-0.05, 0) is 7.05 Å². The van der Waals surface area contributed by atoms with Gasteiger partial charge in [0.1, 0.15) is 0 Å². The van der Waals surface area contributed by atoms with Crippen LogP contribution < -0.4 is 10.6 Å². The van der Waals surface area contributed by atoms with Crippen LogP contribution in [0.15, 0.2) is 6.20 Å². The zero-order valence-electron chi connectivity index (χ0n) is 9.13. The number of primary amides is 1. The summed E-state index contributed by atoms with van der Waals surface area (Å²) in [5, 5.41) is 7.62. The highest BCUT2D eigenvalue weighted by molar-refractivity contribution is 5.90. The maximum Gasteiger partial charge on any atom is 0.270 e. The number of hydrogen-bond acceptors (Lipinski definition) is 6. The predicted octanol–water partition coefficient (Wildman–Crippen LogP) is -1.28. The molecular formula is C9H14N6O. The smallest absolute Gasteiger partial charge is 0.270 e. The van der Waals surface area contributed by atoms with E-state index in [1.165, 1.54) is 6.20 Å². The summed E-state index contributed by atoms with van der Waals surface area (Å²) in [5.74, 6) is -0.0528. The highest BCUT2D eigenvalue weighted by Crippen LogP contribution is 2.08. The maximum atomic E-state index is 10.8. The van der Waals surface area contributed by atoms with Crippen LogP contribution in [-0.2, 0) is 0 Å². The molecule has 0 bridgehead atoms. The third-order valence-corrected chi connectivity index (χ3v) is 2.59. The molecule has 86 valence electrons. The van der Waals surface area contributed by atoms with Crippen molar-refractivity contribution in [3.8, 4) is 0 Å². The van der Waals surface area contributed by atoms with Crippen molar-refractivity contribution in [1.29, 1.82) is 0 Å². The van der Waals surface area contributed by atoms with Crippen LogP contribution in [0.3, 0.4) is 0 Å². The lowest BCUT2D eigenvalue weighted by Crippen LogP contribution is -2.45. The third-order valence-electron chi connectivity index (χ3n) is 2.59. The Bertz CT molecular complexity index is 370. The van der Waals surface area contributed by atoms with Gasteiger partial charge in [0.2, 0.25) is 5.95 Å². The fourth-order valence-electron chi connectivity index (χ4n) is 1.53. The van der Waals surface area contributed by atoms with Crippen molar-refractivity contribution < 1.29 is 4.79 Å². The van der Waals surface area contributed by atoms with E-state index < -0.39 is 5.91 Å². The van der Waals surface area contributed by atoms with Gasteiger partial charge in [0.25, 0.3) is 5.91 Å². The van der Waals surface area contributed by atoms with E-state index in [-0.39, 0.29) is 5.69 Å². The number of carbonyl (C=O) groups excluding carboxylic acids is 1. The third kappa shape index (κ3) is 2.25. The number of amides is 1. The molecule has 2 rings (SSSR count).